The minimum atomic E-state index is -2.32. The van der Waals surface area contributed by atoms with E-state index in [-0.39, 0.29) is 6.54 Å². The molecule has 1 N–H and O–H groups in total. The average molecular weight is 211 g/mol. The number of halogens is 2. The summed E-state index contributed by atoms with van der Waals surface area (Å²) < 4.78 is 29.1. The third-order valence-electron chi connectivity index (χ3n) is 2.18. The van der Waals surface area contributed by atoms with Gasteiger partial charge in [-0.15, -0.1) is 0 Å². The van der Waals surface area contributed by atoms with Gasteiger partial charge in [-0.1, -0.05) is 18.2 Å². The van der Waals surface area contributed by atoms with Crippen LogP contribution in [0.25, 0.3) is 11.0 Å². The van der Waals surface area contributed by atoms with Crippen molar-refractivity contribution in [2.24, 2.45) is 0 Å². The third-order valence-corrected chi connectivity index (χ3v) is 2.18. The molecular formula is C11H11F2NO. The van der Waals surface area contributed by atoms with Gasteiger partial charge in [0, 0.05) is 17.5 Å². The first-order valence-corrected chi connectivity index (χ1v) is 4.71. The second-order valence-corrected chi connectivity index (χ2v) is 3.28. The van der Waals surface area contributed by atoms with Crippen LogP contribution in [0.5, 0.6) is 0 Å². The number of furan rings is 1. The van der Waals surface area contributed by atoms with Crippen molar-refractivity contribution in [1.82, 2.24) is 5.32 Å². The summed E-state index contributed by atoms with van der Waals surface area (Å²) in [4.78, 5) is 0. The van der Waals surface area contributed by atoms with Gasteiger partial charge in [0.05, 0.1) is 12.8 Å². The summed E-state index contributed by atoms with van der Waals surface area (Å²) >= 11 is 0. The van der Waals surface area contributed by atoms with Gasteiger partial charge >= 0.3 is 0 Å². The normalized spacial score (nSPS) is 11.4. The Balaban J connectivity index is 2.08. The lowest BCUT2D eigenvalue weighted by molar-refractivity contribution is 0.145. The average Bonchev–Trinajstić information content (AvgIpc) is 2.62. The van der Waals surface area contributed by atoms with E-state index in [1.165, 1.54) is 0 Å². The second-order valence-electron chi connectivity index (χ2n) is 3.28. The summed E-state index contributed by atoms with van der Waals surface area (Å²) in [6.45, 7) is 0.112. The molecule has 0 aliphatic carbocycles. The molecule has 0 bridgehead atoms. The largest absolute Gasteiger partial charge is 0.464 e. The Labute approximate surface area is 85.9 Å². The van der Waals surface area contributed by atoms with Crippen LogP contribution in [0.3, 0.4) is 0 Å². The number of hydrogen-bond donors (Lipinski definition) is 1. The molecule has 0 aliphatic heterocycles. The van der Waals surface area contributed by atoms with Crippen LogP contribution in [0.15, 0.2) is 34.9 Å². The lowest BCUT2D eigenvalue weighted by Crippen LogP contribution is -2.20. The molecule has 2 rings (SSSR count). The predicted molar refractivity (Wildman–Crippen MR) is 53.9 cm³/mol. The van der Waals surface area contributed by atoms with E-state index in [1.807, 2.05) is 24.3 Å². The maximum atomic E-state index is 11.9. The number of hydrogen-bond acceptors (Lipinski definition) is 2. The van der Waals surface area contributed by atoms with E-state index in [4.69, 9.17) is 4.42 Å². The minimum absolute atomic E-state index is 0.292. The first-order chi connectivity index (χ1) is 7.27. The molecule has 2 aromatic rings. The Morgan fingerprint density at radius 2 is 2.07 bits per heavy atom. The highest BCUT2D eigenvalue weighted by atomic mass is 19.3. The molecule has 0 radical (unpaired) electrons. The van der Waals surface area contributed by atoms with Gasteiger partial charge in [0.15, 0.2) is 0 Å². The summed E-state index contributed by atoms with van der Waals surface area (Å²) in [6, 6.07) is 7.54. The second kappa shape index (κ2) is 4.40. The number of nitrogens with one attached hydrogen (secondary N) is 1. The molecule has 0 saturated carbocycles. The van der Waals surface area contributed by atoms with Gasteiger partial charge in [0.25, 0.3) is 6.43 Å². The summed E-state index contributed by atoms with van der Waals surface area (Å²) in [5, 5.41) is 3.64. The van der Waals surface area contributed by atoms with Gasteiger partial charge in [0.1, 0.15) is 5.58 Å². The molecule has 4 heteroatoms. The minimum Gasteiger partial charge on any atom is -0.464 e. The fraction of sp³-hybridized carbons (Fsp3) is 0.273. The highest BCUT2D eigenvalue weighted by Gasteiger charge is 2.06. The SMILES string of the molecule is FC(F)CNCc1coc2ccccc12. The molecule has 0 fully saturated rings. The zero-order chi connectivity index (χ0) is 10.7. The van der Waals surface area contributed by atoms with Crippen LogP contribution in [0.1, 0.15) is 5.56 Å². The monoisotopic (exact) mass is 211 g/mol. The molecule has 0 spiro atoms. The first-order valence-electron chi connectivity index (χ1n) is 4.71. The van der Waals surface area contributed by atoms with E-state index < -0.39 is 6.43 Å². The van der Waals surface area contributed by atoms with Crippen molar-refractivity contribution in [3.05, 3.63) is 36.1 Å². The fourth-order valence-electron chi connectivity index (χ4n) is 1.49. The lowest BCUT2D eigenvalue weighted by atomic mass is 10.2. The van der Waals surface area contributed by atoms with Crippen LogP contribution in [0.2, 0.25) is 0 Å². The molecule has 0 aliphatic rings. The quantitative estimate of drug-likeness (QED) is 0.841. The summed E-state index contributed by atoms with van der Waals surface area (Å²) in [6.07, 6.45) is -0.716. The topological polar surface area (TPSA) is 25.2 Å². The van der Waals surface area contributed by atoms with E-state index in [9.17, 15) is 8.78 Å². The highest BCUT2D eigenvalue weighted by Crippen LogP contribution is 2.20. The van der Waals surface area contributed by atoms with Crippen LogP contribution in [-0.4, -0.2) is 13.0 Å². The van der Waals surface area contributed by atoms with E-state index in [0.717, 1.165) is 16.5 Å². The number of rotatable bonds is 4. The molecule has 0 amide bonds. The Morgan fingerprint density at radius 3 is 2.87 bits per heavy atom. The van der Waals surface area contributed by atoms with Gasteiger partial charge in [-0.05, 0) is 6.07 Å². The van der Waals surface area contributed by atoms with Crippen LogP contribution >= 0.6 is 0 Å². The molecule has 1 aromatic carbocycles. The standard InChI is InChI=1S/C11H11F2NO/c12-11(13)6-14-5-8-7-15-10-4-2-1-3-9(8)10/h1-4,7,11,14H,5-6H2. The van der Waals surface area contributed by atoms with Crippen molar-refractivity contribution in [3.8, 4) is 0 Å². The molecule has 2 nitrogen and oxygen atoms in total. The molecule has 0 unspecified atom stereocenters. The molecule has 0 saturated heterocycles. The maximum absolute atomic E-state index is 11.9. The van der Waals surface area contributed by atoms with Crippen molar-refractivity contribution >= 4 is 11.0 Å². The molecule has 1 aromatic heterocycles. The molecular weight excluding hydrogens is 200 g/mol. The Morgan fingerprint density at radius 1 is 1.27 bits per heavy atom. The predicted octanol–water partition coefficient (Wildman–Crippen LogP) is 2.79. The molecule has 0 atom stereocenters. The van der Waals surface area contributed by atoms with Gasteiger partial charge < -0.3 is 9.73 Å². The summed E-state index contributed by atoms with van der Waals surface area (Å²) in [7, 11) is 0. The van der Waals surface area contributed by atoms with Crippen molar-refractivity contribution in [1.29, 1.82) is 0 Å². The van der Waals surface area contributed by atoms with Crippen molar-refractivity contribution < 1.29 is 13.2 Å². The number of alkyl halides is 2. The van der Waals surface area contributed by atoms with Gasteiger partial charge in [0.2, 0.25) is 0 Å². The van der Waals surface area contributed by atoms with E-state index >= 15 is 0 Å². The van der Waals surface area contributed by atoms with Gasteiger partial charge in [-0.25, -0.2) is 8.78 Å². The van der Waals surface area contributed by atoms with Crippen LogP contribution in [0, 0.1) is 0 Å². The molecule has 80 valence electrons. The molecule has 15 heavy (non-hydrogen) atoms. The Kier molecular flexibility index (Phi) is 2.97. The third kappa shape index (κ3) is 2.33. The zero-order valence-corrected chi connectivity index (χ0v) is 8.04. The van der Waals surface area contributed by atoms with Crippen LogP contribution in [-0.2, 0) is 6.54 Å². The number of benzene rings is 1. The van der Waals surface area contributed by atoms with E-state index in [0.29, 0.717) is 6.54 Å². The summed E-state index contributed by atoms with van der Waals surface area (Å²) in [5.41, 5.74) is 1.69. The van der Waals surface area contributed by atoms with E-state index in [1.54, 1.807) is 6.26 Å². The first kappa shape index (κ1) is 10.1. The Bertz CT molecular complexity index is 439. The molecule has 1 heterocycles. The highest BCUT2D eigenvalue weighted by molar-refractivity contribution is 5.80. The van der Waals surface area contributed by atoms with Crippen molar-refractivity contribution in [2.45, 2.75) is 13.0 Å². The van der Waals surface area contributed by atoms with Crippen molar-refractivity contribution in [3.63, 3.8) is 0 Å². The van der Waals surface area contributed by atoms with Gasteiger partial charge in [-0.2, -0.15) is 0 Å². The lowest BCUT2D eigenvalue weighted by Gasteiger charge is -2.01. The smallest absolute Gasteiger partial charge is 0.250 e. The number of para-hydroxylation sites is 1. The number of fused-ring (bicyclic) bond motifs is 1. The summed E-state index contributed by atoms with van der Waals surface area (Å²) in [5.74, 6) is 0. The maximum Gasteiger partial charge on any atom is 0.250 e. The zero-order valence-electron chi connectivity index (χ0n) is 8.04. The Hall–Kier alpha value is -1.42. The van der Waals surface area contributed by atoms with Crippen LogP contribution in [0.4, 0.5) is 8.78 Å². The van der Waals surface area contributed by atoms with Crippen LogP contribution < -0.4 is 5.32 Å². The fourth-order valence-corrected chi connectivity index (χ4v) is 1.49. The van der Waals surface area contributed by atoms with E-state index in [2.05, 4.69) is 5.32 Å². The van der Waals surface area contributed by atoms with Gasteiger partial charge in [-0.3, -0.25) is 0 Å². The van der Waals surface area contributed by atoms with Crippen molar-refractivity contribution in [2.75, 3.05) is 6.54 Å².